The zero-order chi connectivity index (χ0) is 13.7. The molecule has 1 amide bonds. The van der Waals surface area contributed by atoms with Gasteiger partial charge in [0.25, 0.3) is 5.91 Å². The van der Waals surface area contributed by atoms with E-state index in [1.165, 1.54) is 17.7 Å². The second-order valence-electron chi connectivity index (χ2n) is 4.46. The van der Waals surface area contributed by atoms with Crippen LogP contribution in [0.5, 0.6) is 0 Å². The predicted octanol–water partition coefficient (Wildman–Crippen LogP) is 3.11. The molecule has 0 unspecified atom stereocenters. The van der Waals surface area contributed by atoms with Gasteiger partial charge in [-0.2, -0.15) is 0 Å². The van der Waals surface area contributed by atoms with E-state index in [1.54, 1.807) is 13.0 Å². The van der Waals surface area contributed by atoms with Crippen molar-refractivity contribution in [1.82, 2.24) is 5.32 Å². The van der Waals surface area contributed by atoms with Crippen LogP contribution in [0, 0.1) is 12.7 Å². The number of hydrogen-bond acceptors (Lipinski definition) is 1. The fraction of sp³-hybridized carbons (Fsp3) is 0.188. The van der Waals surface area contributed by atoms with Crippen LogP contribution >= 0.6 is 0 Å². The van der Waals surface area contributed by atoms with Crippen molar-refractivity contribution in [1.29, 1.82) is 0 Å². The quantitative estimate of drug-likeness (QED) is 0.896. The van der Waals surface area contributed by atoms with Gasteiger partial charge in [0.05, 0.1) is 0 Å². The van der Waals surface area contributed by atoms with Gasteiger partial charge in [-0.05, 0) is 42.7 Å². The molecule has 0 aliphatic carbocycles. The van der Waals surface area contributed by atoms with Crippen LogP contribution in [0.3, 0.4) is 0 Å². The highest BCUT2D eigenvalue weighted by Gasteiger charge is 2.06. The lowest BCUT2D eigenvalue weighted by Gasteiger charge is -2.06. The Bertz CT molecular complexity index is 566. The van der Waals surface area contributed by atoms with E-state index < -0.39 is 0 Å². The van der Waals surface area contributed by atoms with Crippen molar-refractivity contribution in [2.75, 3.05) is 6.54 Å². The van der Waals surface area contributed by atoms with Gasteiger partial charge >= 0.3 is 0 Å². The molecule has 0 aromatic heterocycles. The number of carbonyl (C=O) groups excluding carboxylic acids is 1. The first kappa shape index (κ1) is 13.3. The Morgan fingerprint density at radius 1 is 1.16 bits per heavy atom. The summed E-state index contributed by atoms with van der Waals surface area (Å²) in [7, 11) is 0. The molecule has 0 aliphatic rings. The summed E-state index contributed by atoms with van der Waals surface area (Å²) < 4.78 is 13.1. The summed E-state index contributed by atoms with van der Waals surface area (Å²) in [6, 6.07) is 14.3. The van der Waals surface area contributed by atoms with Crippen molar-refractivity contribution in [3.63, 3.8) is 0 Å². The molecule has 0 heterocycles. The van der Waals surface area contributed by atoms with Gasteiger partial charge in [0.1, 0.15) is 5.82 Å². The van der Waals surface area contributed by atoms with Crippen LogP contribution in [-0.4, -0.2) is 12.5 Å². The average molecular weight is 257 g/mol. The number of carbonyl (C=O) groups is 1. The van der Waals surface area contributed by atoms with Gasteiger partial charge in [-0.1, -0.05) is 30.3 Å². The Balaban J connectivity index is 1.89. The summed E-state index contributed by atoms with van der Waals surface area (Å²) in [4.78, 5) is 11.9. The molecule has 0 saturated carbocycles. The maximum absolute atomic E-state index is 13.1. The number of nitrogens with one attached hydrogen (secondary N) is 1. The summed E-state index contributed by atoms with van der Waals surface area (Å²) in [6.45, 7) is 2.22. The molecule has 3 heteroatoms. The van der Waals surface area contributed by atoms with E-state index in [9.17, 15) is 9.18 Å². The normalized spacial score (nSPS) is 10.2. The van der Waals surface area contributed by atoms with Gasteiger partial charge in [-0.3, -0.25) is 4.79 Å². The lowest BCUT2D eigenvalue weighted by atomic mass is 10.1. The third-order valence-electron chi connectivity index (χ3n) is 2.96. The van der Waals surface area contributed by atoms with E-state index in [1.807, 2.05) is 30.3 Å². The summed E-state index contributed by atoms with van der Waals surface area (Å²) in [5.41, 5.74) is 2.15. The second kappa shape index (κ2) is 6.14. The Morgan fingerprint density at radius 2 is 1.89 bits per heavy atom. The van der Waals surface area contributed by atoms with Crippen molar-refractivity contribution >= 4 is 5.91 Å². The molecule has 0 radical (unpaired) electrons. The highest BCUT2D eigenvalue weighted by atomic mass is 19.1. The molecule has 2 nitrogen and oxygen atoms in total. The van der Waals surface area contributed by atoms with E-state index in [2.05, 4.69) is 5.32 Å². The Morgan fingerprint density at radius 3 is 2.58 bits per heavy atom. The molecule has 0 atom stereocenters. The van der Waals surface area contributed by atoms with Crippen LogP contribution in [0.1, 0.15) is 21.5 Å². The molecule has 1 N–H and O–H groups in total. The molecule has 2 rings (SSSR count). The van der Waals surface area contributed by atoms with E-state index in [4.69, 9.17) is 0 Å². The number of rotatable bonds is 4. The lowest BCUT2D eigenvalue weighted by molar-refractivity contribution is 0.0954. The van der Waals surface area contributed by atoms with Gasteiger partial charge in [0, 0.05) is 12.1 Å². The highest BCUT2D eigenvalue weighted by Crippen LogP contribution is 2.09. The van der Waals surface area contributed by atoms with Crippen LogP contribution in [0.2, 0.25) is 0 Å². The third-order valence-corrected chi connectivity index (χ3v) is 2.96. The highest BCUT2D eigenvalue weighted by molar-refractivity contribution is 5.94. The molecule has 0 bridgehead atoms. The number of aryl methyl sites for hydroxylation is 1. The Hall–Kier alpha value is -2.16. The van der Waals surface area contributed by atoms with Gasteiger partial charge in [0.15, 0.2) is 0 Å². The van der Waals surface area contributed by atoms with Gasteiger partial charge in [-0.25, -0.2) is 4.39 Å². The van der Waals surface area contributed by atoms with Crippen LogP contribution < -0.4 is 5.32 Å². The third kappa shape index (κ3) is 3.65. The first-order valence-corrected chi connectivity index (χ1v) is 6.25. The van der Waals surface area contributed by atoms with Crippen LogP contribution in [0.4, 0.5) is 4.39 Å². The monoisotopic (exact) mass is 257 g/mol. The van der Waals surface area contributed by atoms with Crippen LogP contribution in [0.15, 0.2) is 48.5 Å². The predicted molar refractivity (Wildman–Crippen MR) is 73.6 cm³/mol. The van der Waals surface area contributed by atoms with Crippen LogP contribution in [-0.2, 0) is 6.42 Å². The molecule has 0 fully saturated rings. The zero-order valence-electron chi connectivity index (χ0n) is 10.8. The van der Waals surface area contributed by atoms with Crippen molar-refractivity contribution in [3.05, 3.63) is 71.0 Å². The molecule has 0 aliphatic heterocycles. The molecule has 19 heavy (non-hydrogen) atoms. The molecule has 2 aromatic rings. The lowest BCUT2D eigenvalue weighted by Crippen LogP contribution is -2.25. The molecule has 0 spiro atoms. The van der Waals surface area contributed by atoms with E-state index in [-0.39, 0.29) is 11.7 Å². The van der Waals surface area contributed by atoms with Gasteiger partial charge < -0.3 is 5.32 Å². The number of halogens is 1. The number of benzene rings is 2. The average Bonchev–Trinajstić information content (AvgIpc) is 2.43. The SMILES string of the molecule is Cc1cc(C(=O)NCCc2ccccc2)ccc1F. The summed E-state index contributed by atoms with van der Waals surface area (Å²) in [5.74, 6) is -0.458. The minimum Gasteiger partial charge on any atom is -0.352 e. The Kier molecular flexibility index (Phi) is 4.29. The first-order chi connectivity index (χ1) is 9.16. The molecule has 0 saturated heterocycles. The minimum atomic E-state index is -0.291. The molecule has 98 valence electrons. The van der Waals surface area contributed by atoms with Crippen LogP contribution in [0.25, 0.3) is 0 Å². The fourth-order valence-electron chi connectivity index (χ4n) is 1.85. The maximum Gasteiger partial charge on any atom is 0.251 e. The van der Waals surface area contributed by atoms with Crippen molar-refractivity contribution in [2.24, 2.45) is 0 Å². The Labute approximate surface area is 112 Å². The van der Waals surface area contributed by atoms with Crippen molar-refractivity contribution in [3.8, 4) is 0 Å². The standard InChI is InChI=1S/C16H16FNO/c1-12-11-14(7-8-15(12)17)16(19)18-10-9-13-5-3-2-4-6-13/h2-8,11H,9-10H2,1H3,(H,18,19). The molecular formula is C16H16FNO. The fourth-order valence-corrected chi connectivity index (χ4v) is 1.85. The smallest absolute Gasteiger partial charge is 0.251 e. The van der Waals surface area contributed by atoms with E-state index >= 15 is 0 Å². The summed E-state index contributed by atoms with van der Waals surface area (Å²) in [6.07, 6.45) is 0.784. The largest absolute Gasteiger partial charge is 0.352 e. The van der Waals surface area contributed by atoms with Gasteiger partial charge in [0.2, 0.25) is 0 Å². The zero-order valence-corrected chi connectivity index (χ0v) is 10.8. The minimum absolute atomic E-state index is 0.168. The molecular weight excluding hydrogens is 241 g/mol. The topological polar surface area (TPSA) is 29.1 Å². The first-order valence-electron chi connectivity index (χ1n) is 6.25. The summed E-state index contributed by atoms with van der Waals surface area (Å²) in [5, 5.41) is 2.83. The summed E-state index contributed by atoms with van der Waals surface area (Å²) >= 11 is 0. The van der Waals surface area contributed by atoms with Crippen molar-refractivity contribution < 1.29 is 9.18 Å². The number of amides is 1. The second-order valence-corrected chi connectivity index (χ2v) is 4.46. The van der Waals surface area contributed by atoms with Crippen molar-refractivity contribution in [2.45, 2.75) is 13.3 Å². The van der Waals surface area contributed by atoms with Gasteiger partial charge in [-0.15, -0.1) is 0 Å². The van der Waals surface area contributed by atoms with E-state index in [0.717, 1.165) is 6.42 Å². The molecule has 2 aromatic carbocycles. The number of hydrogen-bond donors (Lipinski definition) is 1. The maximum atomic E-state index is 13.1. The van der Waals surface area contributed by atoms with E-state index in [0.29, 0.717) is 17.7 Å².